The fourth-order valence-corrected chi connectivity index (χ4v) is 4.90. The normalized spacial score (nSPS) is 19.0. The number of piperidine rings is 1. The van der Waals surface area contributed by atoms with Crippen molar-refractivity contribution in [3.05, 3.63) is 77.4 Å². The molecule has 202 valence electrons. The molecular formula is C28H31F3N4O3. The number of nitrogens with one attached hydrogen (secondary N) is 2. The average molecular weight is 529 g/mol. The summed E-state index contributed by atoms with van der Waals surface area (Å²) < 4.78 is 38.6. The lowest BCUT2D eigenvalue weighted by Gasteiger charge is -2.36. The van der Waals surface area contributed by atoms with E-state index in [1.807, 2.05) is 41.3 Å². The van der Waals surface area contributed by atoms with Crippen molar-refractivity contribution in [2.45, 2.75) is 37.5 Å². The number of carbonyl (C=O) groups excluding carboxylic acids is 3. The van der Waals surface area contributed by atoms with Crippen LogP contribution in [0.25, 0.3) is 6.08 Å². The predicted octanol–water partition coefficient (Wildman–Crippen LogP) is 3.33. The zero-order valence-electron chi connectivity index (χ0n) is 20.9. The monoisotopic (exact) mass is 528 g/mol. The minimum atomic E-state index is -4.55. The fourth-order valence-electron chi connectivity index (χ4n) is 4.90. The first-order chi connectivity index (χ1) is 18.2. The number of hydrogen-bond donors (Lipinski definition) is 2. The largest absolute Gasteiger partial charge is 0.416 e. The standard InChI is InChI=1S/C28H31F3N4O3/c29-28(30,31)22-8-4-7-21(17-22)27(38)32-18-25(36)33-23-11-14-35(19-23)24-12-15-34(16-13-24)26(37)10-9-20-5-2-1-3-6-20/h1-10,17,23-24H,11-16,18-19H2,(H,32,38)(H,33,36)/b10-9+/t23-/m1/s1. The first kappa shape index (κ1) is 27.4. The van der Waals surface area contributed by atoms with Crippen molar-refractivity contribution in [1.29, 1.82) is 0 Å². The van der Waals surface area contributed by atoms with Crippen molar-refractivity contribution < 1.29 is 27.6 Å². The molecule has 2 saturated heterocycles. The molecule has 2 aromatic rings. The Balaban J connectivity index is 1.17. The molecule has 0 bridgehead atoms. The van der Waals surface area contributed by atoms with Crippen LogP contribution >= 0.6 is 0 Å². The van der Waals surface area contributed by atoms with E-state index in [9.17, 15) is 27.6 Å². The minimum Gasteiger partial charge on any atom is -0.350 e. The number of rotatable bonds is 7. The number of likely N-dealkylation sites (tertiary alicyclic amines) is 2. The third kappa shape index (κ3) is 7.44. The zero-order chi connectivity index (χ0) is 27.1. The molecule has 2 aliphatic heterocycles. The lowest BCUT2D eigenvalue weighted by molar-refractivity contribution is -0.137. The summed E-state index contributed by atoms with van der Waals surface area (Å²) in [6.07, 6.45) is 1.38. The highest BCUT2D eigenvalue weighted by Crippen LogP contribution is 2.29. The highest BCUT2D eigenvalue weighted by molar-refractivity contribution is 5.96. The molecule has 2 heterocycles. The lowest BCUT2D eigenvalue weighted by atomic mass is 10.0. The minimum absolute atomic E-state index is 0.00560. The fraction of sp³-hybridized carbons (Fsp3) is 0.393. The van der Waals surface area contributed by atoms with E-state index in [1.54, 1.807) is 6.08 Å². The van der Waals surface area contributed by atoms with Gasteiger partial charge >= 0.3 is 6.18 Å². The van der Waals surface area contributed by atoms with E-state index in [4.69, 9.17) is 0 Å². The van der Waals surface area contributed by atoms with Crippen molar-refractivity contribution in [1.82, 2.24) is 20.4 Å². The van der Waals surface area contributed by atoms with E-state index in [0.717, 1.165) is 49.6 Å². The molecule has 0 aromatic heterocycles. The second-order valence-electron chi connectivity index (χ2n) is 9.61. The van der Waals surface area contributed by atoms with E-state index >= 15 is 0 Å². The van der Waals surface area contributed by atoms with Crippen molar-refractivity contribution in [3.63, 3.8) is 0 Å². The number of halogens is 3. The van der Waals surface area contributed by atoms with Gasteiger partial charge in [-0.1, -0.05) is 36.4 Å². The summed E-state index contributed by atoms with van der Waals surface area (Å²) >= 11 is 0. The van der Waals surface area contributed by atoms with Crippen LogP contribution in [0.5, 0.6) is 0 Å². The molecule has 10 heteroatoms. The molecule has 0 saturated carbocycles. The average Bonchev–Trinajstić information content (AvgIpc) is 3.39. The molecule has 38 heavy (non-hydrogen) atoms. The number of alkyl halides is 3. The maximum absolute atomic E-state index is 12.9. The molecule has 0 unspecified atom stereocenters. The van der Waals surface area contributed by atoms with Gasteiger partial charge in [-0.3, -0.25) is 19.3 Å². The van der Waals surface area contributed by atoms with Gasteiger partial charge in [0.15, 0.2) is 0 Å². The molecule has 7 nitrogen and oxygen atoms in total. The highest BCUT2D eigenvalue weighted by atomic mass is 19.4. The van der Waals surface area contributed by atoms with E-state index < -0.39 is 17.6 Å². The summed E-state index contributed by atoms with van der Waals surface area (Å²) in [6.45, 7) is 2.55. The quantitative estimate of drug-likeness (QED) is 0.541. The van der Waals surface area contributed by atoms with E-state index in [2.05, 4.69) is 15.5 Å². The van der Waals surface area contributed by atoms with Gasteiger partial charge in [-0.2, -0.15) is 13.2 Å². The van der Waals surface area contributed by atoms with Crippen molar-refractivity contribution in [3.8, 4) is 0 Å². The first-order valence-electron chi connectivity index (χ1n) is 12.7. The van der Waals surface area contributed by atoms with Gasteiger partial charge < -0.3 is 15.5 Å². The number of carbonyl (C=O) groups is 3. The molecule has 2 N–H and O–H groups in total. The molecular weight excluding hydrogens is 497 g/mol. The Hall–Kier alpha value is -3.66. The molecule has 0 aliphatic carbocycles. The molecule has 2 aliphatic rings. The Kier molecular flexibility index (Phi) is 8.83. The highest BCUT2D eigenvalue weighted by Gasteiger charge is 2.33. The van der Waals surface area contributed by atoms with E-state index in [-0.39, 0.29) is 30.0 Å². The smallest absolute Gasteiger partial charge is 0.350 e. The Morgan fingerprint density at radius 2 is 1.68 bits per heavy atom. The van der Waals surface area contributed by atoms with Gasteiger partial charge in [0, 0.05) is 49.9 Å². The van der Waals surface area contributed by atoms with Gasteiger partial charge in [0.2, 0.25) is 11.8 Å². The van der Waals surface area contributed by atoms with Gasteiger partial charge in [-0.25, -0.2) is 0 Å². The van der Waals surface area contributed by atoms with Crippen LogP contribution < -0.4 is 10.6 Å². The topological polar surface area (TPSA) is 81.8 Å². The van der Waals surface area contributed by atoms with Crippen LogP contribution in [0.1, 0.15) is 40.7 Å². The van der Waals surface area contributed by atoms with Crippen LogP contribution in [0, 0.1) is 0 Å². The Labute approximate surface area is 219 Å². The van der Waals surface area contributed by atoms with Gasteiger partial charge in [0.05, 0.1) is 12.1 Å². The van der Waals surface area contributed by atoms with Gasteiger partial charge in [0.25, 0.3) is 5.91 Å². The number of hydrogen-bond acceptors (Lipinski definition) is 4. The van der Waals surface area contributed by atoms with Crippen molar-refractivity contribution in [2.24, 2.45) is 0 Å². The lowest BCUT2D eigenvalue weighted by Crippen LogP contribution is -2.47. The van der Waals surface area contributed by atoms with E-state index in [1.165, 1.54) is 6.07 Å². The van der Waals surface area contributed by atoms with Crippen molar-refractivity contribution >= 4 is 23.8 Å². The maximum atomic E-state index is 12.9. The van der Waals surface area contributed by atoms with Gasteiger partial charge in [-0.05, 0) is 49.1 Å². The summed E-state index contributed by atoms with van der Waals surface area (Å²) in [5.74, 6) is -1.12. The molecule has 2 fully saturated rings. The molecule has 4 rings (SSSR count). The molecule has 2 aromatic carbocycles. The van der Waals surface area contributed by atoms with Crippen LogP contribution in [0.15, 0.2) is 60.7 Å². The summed E-state index contributed by atoms with van der Waals surface area (Å²) in [4.78, 5) is 41.3. The summed E-state index contributed by atoms with van der Waals surface area (Å²) in [6, 6.07) is 14.0. The third-order valence-corrected chi connectivity index (χ3v) is 6.96. The molecule has 0 spiro atoms. The molecule has 0 radical (unpaired) electrons. The van der Waals surface area contributed by atoms with Crippen molar-refractivity contribution in [2.75, 3.05) is 32.7 Å². The maximum Gasteiger partial charge on any atom is 0.416 e. The second-order valence-corrected chi connectivity index (χ2v) is 9.61. The van der Waals surface area contributed by atoms with Crippen LogP contribution in [0.2, 0.25) is 0 Å². The van der Waals surface area contributed by atoms with Crippen LogP contribution in [-0.2, 0) is 15.8 Å². The number of benzene rings is 2. The van der Waals surface area contributed by atoms with E-state index in [0.29, 0.717) is 25.7 Å². The first-order valence-corrected chi connectivity index (χ1v) is 12.7. The second kappa shape index (κ2) is 12.3. The zero-order valence-corrected chi connectivity index (χ0v) is 20.9. The SMILES string of the molecule is O=C(CNC(=O)c1cccc(C(F)(F)F)c1)N[C@@H]1CCN(C2CCN(C(=O)/C=C/c3ccccc3)CC2)C1. The Morgan fingerprint density at radius 3 is 2.39 bits per heavy atom. The molecule has 1 atom stereocenters. The number of amides is 3. The van der Waals surface area contributed by atoms with Gasteiger partial charge in [0.1, 0.15) is 0 Å². The van der Waals surface area contributed by atoms with Crippen LogP contribution in [0.3, 0.4) is 0 Å². The summed E-state index contributed by atoms with van der Waals surface area (Å²) in [5.41, 5.74) is -0.0874. The Morgan fingerprint density at radius 1 is 0.947 bits per heavy atom. The summed E-state index contributed by atoms with van der Waals surface area (Å²) in [5, 5.41) is 5.29. The van der Waals surface area contributed by atoms with Gasteiger partial charge in [-0.15, -0.1) is 0 Å². The number of nitrogens with zero attached hydrogens (tertiary/aromatic N) is 2. The van der Waals surface area contributed by atoms with Crippen LogP contribution in [-0.4, -0.2) is 72.3 Å². The summed E-state index contributed by atoms with van der Waals surface area (Å²) in [7, 11) is 0. The Bertz CT molecular complexity index is 1160. The molecule has 3 amide bonds. The third-order valence-electron chi connectivity index (χ3n) is 6.96. The predicted molar refractivity (Wildman–Crippen MR) is 137 cm³/mol. The van der Waals surface area contributed by atoms with Crippen LogP contribution in [0.4, 0.5) is 13.2 Å².